The maximum Gasteiger partial charge on any atom is 0.286 e. The highest BCUT2D eigenvalue weighted by molar-refractivity contribution is 7.98. The summed E-state index contributed by atoms with van der Waals surface area (Å²) in [6.07, 6.45) is 5.35. The van der Waals surface area contributed by atoms with Crippen LogP contribution in [-0.2, 0) is 4.79 Å². The number of Topliss-reactive ketones (excluding diaryl/α,β-unsaturated/α-hetero) is 1. The third-order valence-corrected chi connectivity index (χ3v) is 6.42. The lowest BCUT2D eigenvalue weighted by molar-refractivity contribution is -0.127. The summed E-state index contributed by atoms with van der Waals surface area (Å²) in [5.74, 6) is -1.28. The number of halogens is 1. The van der Waals surface area contributed by atoms with E-state index in [9.17, 15) is 14.4 Å². The second-order valence-electron chi connectivity index (χ2n) is 8.61. The van der Waals surface area contributed by atoms with Gasteiger partial charge in [-0.1, -0.05) is 50.1 Å². The van der Waals surface area contributed by atoms with Crippen molar-refractivity contribution in [1.29, 1.82) is 0 Å². The third-order valence-electron chi connectivity index (χ3n) is 5.66. The molecule has 178 valence electrons. The minimum atomic E-state index is -0.776. The molecule has 0 radical (unpaired) electrons. The second-order valence-corrected chi connectivity index (χ2v) is 9.80. The normalized spacial score (nSPS) is 19.2. The van der Waals surface area contributed by atoms with Gasteiger partial charge in [0.1, 0.15) is 0 Å². The van der Waals surface area contributed by atoms with Crippen LogP contribution in [0.25, 0.3) is 0 Å². The monoisotopic (exact) mass is 492 g/mol. The van der Waals surface area contributed by atoms with Crippen molar-refractivity contribution in [3.8, 4) is 0 Å². The predicted octanol–water partition coefficient (Wildman–Crippen LogP) is 4.15. The molecule has 1 aromatic heterocycles. The van der Waals surface area contributed by atoms with Gasteiger partial charge < -0.3 is 15.1 Å². The van der Waals surface area contributed by atoms with Crippen molar-refractivity contribution in [2.75, 3.05) is 6.26 Å². The molecule has 8 nitrogen and oxygen atoms in total. The Balaban J connectivity index is 1.71. The van der Waals surface area contributed by atoms with Crippen LogP contribution in [0.5, 0.6) is 0 Å². The topological polar surface area (TPSA) is 114 Å². The predicted molar refractivity (Wildman–Crippen MR) is 126 cm³/mol. The number of thioether (sulfide) groups is 1. The molecule has 1 heterocycles. The smallest absolute Gasteiger partial charge is 0.286 e. The fourth-order valence-electron chi connectivity index (χ4n) is 3.99. The van der Waals surface area contributed by atoms with Crippen molar-refractivity contribution in [3.63, 3.8) is 0 Å². The van der Waals surface area contributed by atoms with E-state index in [1.54, 1.807) is 30.5 Å². The summed E-state index contributed by atoms with van der Waals surface area (Å²) < 4.78 is 5.39. The highest BCUT2D eigenvalue weighted by Gasteiger charge is 2.35. The molecular formula is C23H29ClN4O4S. The summed E-state index contributed by atoms with van der Waals surface area (Å²) in [5.41, 5.74) is 0.484. The van der Waals surface area contributed by atoms with Crippen molar-refractivity contribution >= 4 is 41.0 Å². The molecule has 0 saturated heterocycles. The van der Waals surface area contributed by atoms with Gasteiger partial charge in [-0.15, -0.1) is 10.2 Å². The molecule has 3 rings (SSSR count). The quantitative estimate of drug-likeness (QED) is 0.399. The van der Waals surface area contributed by atoms with Crippen molar-refractivity contribution in [1.82, 2.24) is 20.8 Å². The van der Waals surface area contributed by atoms with Crippen molar-refractivity contribution in [2.45, 2.75) is 63.3 Å². The Hall–Kier alpha value is -2.39. The Bertz CT molecular complexity index is 979. The zero-order valence-electron chi connectivity index (χ0n) is 19.0. The Kier molecular flexibility index (Phi) is 8.91. The number of carbonyl (C=O) groups is 3. The van der Waals surface area contributed by atoms with E-state index in [0.717, 1.165) is 12.8 Å². The van der Waals surface area contributed by atoms with E-state index in [1.165, 1.54) is 11.8 Å². The lowest BCUT2D eigenvalue weighted by Gasteiger charge is -2.32. The Morgan fingerprint density at radius 1 is 1.15 bits per heavy atom. The first-order valence-corrected chi connectivity index (χ1v) is 12.7. The fourth-order valence-corrected chi connectivity index (χ4v) is 4.40. The molecule has 1 saturated carbocycles. The summed E-state index contributed by atoms with van der Waals surface area (Å²) in [6.45, 7) is 3.95. The van der Waals surface area contributed by atoms with Crippen LogP contribution in [0.4, 0.5) is 0 Å². The molecule has 0 unspecified atom stereocenters. The van der Waals surface area contributed by atoms with Crippen LogP contribution in [0.2, 0.25) is 5.02 Å². The van der Waals surface area contributed by atoms with E-state index in [1.807, 2.05) is 13.8 Å². The maximum absolute atomic E-state index is 13.3. The minimum Gasteiger partial charge on any atom is -0.408 e. The Morgan fingerprint density at radius 3 is 2.48 bits per heavy atom. The molecular weight excluding hydrogens is 464 g/mol. The summed E-state index contributed by atoms with van der Waals surface area (Å²) in [7, 11) is 0. The summed E-state index contributed by atoms with van der Waals surface area (Å²) >= 11 is 7.16. The van der Waals surface area contributed by atoms with Gasteiger partial charge in [0, 0.05) is 16.6 Å². The van der Waals surface area contributed by atoms with Crippen LogP contribution >= 0.6 is 23.4 Å². The number of nitrogens with zero attached hydrogens (tertiary/aromatic N) is 2. The zero-order valence-corrected chi connectivity index (χ0v) is 20.5. The molecule has 1 aliphatic rings. The first-order chi connectivity index (χ1) is 15.8. The van der Waals surface area contributed by atoms with Gasteiger partial charge in [-0.05, 0) is 55.7 Å². The van der Waals surface area contributed by atoms with Gasteiger partial charge in [-0.3, -0.25) is 14.4 Å². The lowest BCUT2D eigenvalue weighted by atomic mass is 9.83. The molecule has 33 heavy (non-hydrogen) atoms. The van der Waals surface area contributed by atoms with E-state index >= 15 is 0 Å². The van der Waals surface area contributed by atoms with Gasteiger partial charge in [0.25, 0.3) is 17.0 Å². The molecule has 2 amide bonds. The fraction of sp³-hybridized carbons (Fsp3) is 0.522. The number of ketones is 1. The molecule has 0 aliphatic heterocycles. The number of aromatic nitrogens is 2. The molecule has 10 heteroatoms. The van der Waals surface area contributed by atoms with Gasteiger partial charge in [-0.25, -0.2) is 0 Å². The first kappa shape index (κ1) is 25.2. The average molecular weight is 493 g/mol. The highest BCUT2D eigenvalue weighted by atomic mass is 35.5. The first-order valence-electron chi connectivity index (χ1n) is 11.1. The van der Waals surface area contributed by atoms with E-state index in [4.69, 9.17) is 16.0 Å². The van der Waals surface area contributed by atoms with Crippen molar-refractivity contribution in [2.24, 2.45) is 11.8 Å². The van der Waals surface area contributed by atoms with Crippen LogP contribution in [-0.4, -0.2) is 46.1 Å². The summed E-state index contributed by atoms with van der Waals surface area (Å²) in [5, 5.41) is 14.4. The third kappa shape index (κ3) is 6.80. The van der Waals surface area contributed by atoms with Crippen LogP contribution in [0.3, 0.4) is 0 Å². The molecule has 3 atom stereocenters. The highest BCUT2D eigenvalue weighted by Crippen LogP contribution is 2.26. The van der Waals surface area contributed by atoms with Crippen molar-refractivity contribution in [3.05, 3.63) is 40.7 Å². The zero-order chi connectivity index (χ0) is 24.0. The molecule has 2 aromatic rings. The molecule has 0 spiro atoms. The molecule has 2 N–H and O–H groups in total. The SMILES string of the molecule is CSc1nnc(C(=O)[C@H](CC(C)C)NC(=O)[C@@H]2CCCC[C@@H]2NC(=O)c2ccc(Cl)cc2)o1. The van der Waals surface area contributed by atoms with Gasteiger partial charge in [0.2, 0.25) is 11.7 Å². The second kappa shape index (κ2) is 11.7. The van der Waals surface area contributed by atoms with Crippen LogP contribution in [0.15, 0.2) is 33.9 Å². The van der Waals surface area contributed by atoms with Crippen LogP contribution in [0, 0.1) is 11.8 Å². The van der Waals surface area contributed by atoms with E-state index < -0.39 is 17.7 Å². The summed E-state index contributed by atoms with van der Waals surface area (Å²) in [6, 6.07) is 5.53. The maximum atomic E-state index is 13.3. The van der Waals surface area contributed by atoms with Crippen LogP contribution in [0.1, 0.15) is 67.0 Å². The largest absolute Gasteiger partial charge is 0.408 e. The number of rotatable bonds is 9. The van der Waals surface area contributed by atoms with E-state index in [0.29, 0.717) is 35.1 Å². The molecule has 1 fully saturated rings. The number of amides is 2. The van der Waals surface area contributed by atoms with Gasteiger partial charge in [-0.2, -0.15) is 0 Å². The number of hydrogen-bond acceptors (Lipinski definition) is 7. The number of carbonyl (C=O) groups excluding carboxylic acids is 3. The number of nitrogens with one attached hydrogen (secondary N) is 2. The lowest BCUT2D eigenvalue weighted by Crippen LogP contribution is -2.52. The van der Waals surface area contributed by atoms with Gasteiger partial charge in [0.05, 0.1) is 12.0 Å². The van der Waals surface area contributed by atoms with Gasteiger partial charge >= 0.3 is 0 Å². The average Bonchev–Trinajstić information content (AvgIpc) is 3.28. The number of benzene rings is 1. The van der Waals surface area contributed by atoms with Crippen LogP contribution < -0.4 is 10.6 Å². The van der Waals surface area contributed by atoms with E-state index in [2.05, 4.69) is 20.8 Å². The Labute approximate surface area is 202 Å². The van der Waals surface area contributed by atoms with E-state index in [-0.39, 0.29) is 29.7 Å². The van der Waals surface area contributed by atoms with Gasteiger partial charge in [0.15, 0.2) is 0 Å². The molecule has 1 aromatic carbocycles. The molecule has 0 bridgehead atoms. The summed E-state index contributed by atoms with van der Waals surface area (Å²) in [4.78, 5) is 39.0. The minimum absolute atomic E-state index is 0.110. The Morgan fingerprint density at radius 2 is 1.85 bits per heavy atom. The standard InChI is InChI=1S/C23H29ClN4O4S/c1-13(2)12-18(19(29)22-27-28-23(32-22)33-3)26-21(31)16-6-4-5-7-17(16)25-20(30)14-8-10-15(24)11-9-14/h8-11,13,16-18H,4-7,12H2,1-3H3,(H,25,30)(H,26,31)/t16-,17+,18+/m1/s1. The number of hydrogen-bond donors (Lipinski definition) is 2. The molecule has 1 aliphatic carbocycles. The van der Waals surface area contributed by atoms with Crippen molar-refractivity contribution < 1.29 is 18.8 Å².